The van der Waals surface area contributed by atoms with E-state index in [2.05, 4.69) is 6.07 Å². The van der Waals surface area contributed by atoms with Gasteiger partial charge in [-0.1, -0.05) is 0 Å². The molecule has 2 fully saturated rings. The number of hydrogen-bond donors (Lipinski definition) is 1. The smallest absolute Gasteiger partial charge is 0.227 e. The highest BCUT2D eigenvalue weighted by molar-refractivity contribution is 5.80. The van der Waals surface area contributed by atoms with Gasteiger partial charge in [0.15, 0.2) is 0 Å². The summed E-state index contributed by atoms with van der Waals surface area (Å²) in [5, 5.41) is 8.60. The van der Waals surface area contributed by atoms with E-state index >= 15 is 0 Å². The number of nitrogens with two attached hydrogens (primary N) is 1. The lowest BCUT2D eigenvalue weighted by Crippen LogP contribution is -2.47. The van der Waals surface area contributed by atoms with Crippen molar-refractivity contribution in [3.05, 3.63) is 0 Å². The van der Waals surface area contributed by atoms with Crippen LogP contribution in [-0.2, 0) is 4.79 Å². The first-order valence-electron chi connectivity index (χ1n) is 6.60. The van der Waals surface area contributed by atoms with Crippen LogP contribution in [0.4, 0.5) is 0 Å². The lowest BCUT2D eigenvalue weighted by atomic mass is 9.84. The van der Waals surface area contributed by atoms with Gasteiger partial charge in [-0.15, -0.1) is 0 Å². The number of amides is 1. The third kappa shape index (κ3) is 2.16. The number of carbonyl (C=O) groups is 1. The Morgan fingerprint density at radius 1 is 1.47 bits per heavy atom. The second-order valence-electron chi connectivity index (χ2n) is 5.26. The fraction of sp³-hybridized carbons (Fsp3) is 0.846. The van der Waals surface area contributed by atoms with Gasteiger partial charge in [0.1, 0.15) is 0 Å². The predicted octanol–water partition coefficient (Wildman–Crippen LogP) is 1.12. The first-order valence-corrected chi connectivity index (χ1v) is 6.60. The monoisotopic (exact) mass is 235 g/mol. The minimum absolute atomic E-state index is 0.0207. The van der Waals surface area contributed by atoms with Crippen LogP contribution in [0.5, 0.6) is 0 Å². The number of nitrogens with zero attached hydrogens (tertiary/aromatic N) is 2. The molecule has 2 aliphatic carbocycles. The molecule has 2 rings (SSSR count). The van der Waals surface area contributed by atoms with E-state index in [1.165, 1.54) is 6.42 Å². The molecule has 2 saturated carbocycles. The molecular weight excluding hydrogens is 214 g/mol. The summed E-state index contributed by atoms with van der Waals surface area (Å²) in [5.41, 5.74) is 6.17. The van der Waals surface area contributed by atoms with Gasteiger partial charge < -0.3 is 10.6 Å². The van der Waals surface area contributed by atoms with E-state index in [0.717, 1.165) is 12.8 Å². The third-order valence-corrected chi connectivity index (χ3v) is 4.45. The van der Waals surface area contributed by atoms with Crippen LogP contribution in [0.2, 0.25) is 0 Å². The zero-order valence-corrected chi connectivity index (χ0v) is 10.4. The maximum absolute atomic E-state index is 12.4. The van der Waals surface area contributed by atoms with Gasteiger partial charge in [-0.3, -0.25) is 4.79 Å². The number of rotatable bonds is 4. The van der Waals surface area contributed by atoms with Crippen LogP contribution in [0.1, 0.15) is 32.6 Å². The second kappa shape index (κ2) is 5.05. The summed E-state index contributed by atoms with van der Waals surface area (Å²) < 4.78 is 0. The van der Waals surface area contributed by atoms with Crippen molar-refractivity contribution in [2.45, 2.75) is 38.6 Å². The minimum Gasteiger partial charge on any atom is -0.342 e. The van der Waals surface area contributed by atoms with Crippen molar-refractivity contribution in [1.29, 1.82) is 5.26 Å². The van der Waals surface area contributed by atoms with Gasteiger partial charge in [0, 0.05) is 19.1 Å². The lowest BCUT2D eigenvalue weighted by molar-refractivity contribution is -0.137. The quantitative estimate of drug-likeness (QED) is 0.794. The molecule has 4 atom stereocenters. The first kappa shape index (κ1) is 12.4. The molecule has 4 nitrogen and oxygen atoms in total. The largest absolute Gasteiger partial charge is 0.342 e. The van der Waals surface area contributed by atoms with Crippen LogP contribution in [0, 0.1) is 29.1 Å². The van der Waals surface area contributed by atoms with Crippen LogP contribution < -0.4 is 5.73 Å². The molecule has 0 radical (unpaired) electrons. The van der Waals surface area contributed by atoms with E-state index in [0.29, 0.717) is 31.3 Å². The topological polar surface area (TPSA) is 70.1 Å². The minimum atomic E-state index is 0.0207. The molecular formula is C13H21N3O. The predicted molar refractivity (Wildman–Crippen MR) is 64.8 cm³/mol. The normalized spacial score (nSPS) is 34.6. The maximum Gasteiger partial charge on any atom is 0.227 e. The summed E-state index contributed by atoms with van der Waals surface area (Å²) in [4.78, 5) is 14.2. The second-order valence-corrected chi connectivity index (χ2v) is 5.26. The maximum atomic E-state index is 12.4. The van der Waals surface area contributed by atoms with E-state index < -0.39 is 0 Å². The van der Waals surface area contributed by atoms with Crippen molar-refractivity contribution in [3.63, 3.8) is 0 Å². The molecule has 94 valence electrons. The van der Waals surface area contributed by atoms with Crippen molar-refractivity contribution < 1.29 is 4.79 Å². The van der Waals surface area contributed by atoms with Crippen molar-refractivity contribution in [2.24, 2.45) is 23.5 Å². The average Bonchev–Trinajstić information content (AvgIpc) is 2.90. The number of fused-ring (bicyclic) bond motifs is 2. The van der Waals surface area contributed by atoms with E-state index in [1.54, 1.807) is 4.90 Å². The summed E-state index contributed by atoms with van der Waals surface area (Å²) in [6.45, 7) is 3.20. The molecule has 0 aromatic carbocycles. The van der Waals surface area contributed by atoms with Gasteiger partial charge in [-0.2, -0.15) is 5.26 Å². The van der Waals surface area contributed by atoms with Gasteiger partial charge in [0.05, 0.1) is 18.4 Å². The molecule has 0 aliphatic heterocycles. The molecule has 0 heterocycles. The van der Waals surface area contributed by atoms with E-state index in [9.17, 15) is 4.79 Å². The Morgan fingerprint density at radius 2 is 2.18 bits per heavy atom. The van der Waals surface area contributed by atoms with Crippen LogP contribution in [-0.4, -0.2) is 29.9 Å². The van der Waals surface area contributed by atoms with Crippen LogP contribution in [0.3, 0.4) is 0 Å². The van der Waals surface area contributed by atoms with E-state index in [4.69, 9.17) is 11.0 Å². The summed E-state index contributed by atoms with van der Waals surface area (Å²) >= 11 is 0. The number of hydrogen-bond acceptors (Lipinski definition) is 3. The Hall–Kier alpha value is -1.08. The molecule has 1 amide bonds. The van der Waals surface area contributed by atoms with E-state index in [1.807, 2.05) is 6.92 Å². The standard InChI is InChI=1S/C13H21N3O/c1-2-16(7-3-6-14)13(17)11-9-4-5-10(8-9)12(11)15/h9-12H,2-5,7-8,15H2,1H3. The molecule has 2 aliphatic rings. The number of nitriles is 1. The van der Waals surface area contributed by atoms with Crippen LogP contribution in [0.25, 0.3) is 0 Å². The lowest BCUT2D eigenvalue weighted by Gasteiger charge is -2.31. The van der Waals surface area contributed by atoms with Crippen LogP contribution in [0.15, 0.2) is 0 Å². The third-order valence-electron chi connectivity index (χ3n) is 4.45. The Labute approximate surface area is 103 Å². The van der Waals surface area contributed by atoms with Gasteiger partial charge in [0.25, 0.3) is 0 Å². The van der Waals surface area contributed by atoms with Crippen molar-refractivity contribution in [1.82, 2.24) is 4.90 Å². The van der Waals surface area contributed by atoms with Crippen molar-refractivity contribution in [3.8, 4) is 6.07 Å². The molecule has 0 aromatic rings. The summed E-state index contributed by atoms with van der Waals surface area (Å²) in [7, 11) is 0. The Balaban J connectivity index is 2.01. The fourth-order valence-corrected chi connectivity index (χ4v) is 3.52. The number of carbonyl (C=O) groups excluding carboxylic acids is 1. The Bertz CT molecular complexity index is 334. The summed E-state index contributed by atoms with van der Waals surface area (Å²) in [6.07, 6.45) is 3.90. The highest BCUT2D eigenvalue weighted by Crippen LogP contribution is 2.48. The molecule has 0 spiro atoms. The van der Waals surface area contributed by atoms with E-state index in [-0.39, 0.29) is 17.9 Å². The Morgan fingerprint density at radius 3 is 2.71 bits per heavy atom. The van der Waals surface area contributed by atoms with Crippen molar-refractivity contribution in [2.75, 3.05) is 13.1 Å². The summed E-state index contributed by atoms with van der Waals surface area (Å²) in [6, 6.07) is 2.15. The van der Waals surface area contributed by atoms with Gasteiger partial charge >= 0.3 is 0 Å². The molecule has 2 N–H and O–H groups in total. The molecule has 4 heteroatoms. The van der Waals surface area contributed by atoms with Crippen molar-refractivity contribution >= 4 is 5.91 Å². The first-order chi connectivity index (χ1) is 8.19. The van der Waals surface area contributed by atoms with Crippen LogP contribution >= 0.6 is 0 Å². The zero-order valence-electron chi connectivity index (χ0n) is 10.4. The SMILES string of the molecule is CCN(CCC#N)C(=O)C1C2CCC(C2)C1N. The summed E-state index contributed by atoms with van der Waals surface area (Å²) in [5.74, 6) is 1.26. The fourth-order valence-electron chi connectivity index (χ4n) is 3.52. The molecule has 17 heavy (non-hydrogen) atoms. The van der Waals surface area contributed by atoms with Gasteiger partial charge in [-0.25, -0.2) is 0 Å². The molecule has 0 saturated heterocycles. The zero-order chi connectivity index (χ0) is 12.4. The van der Waals surface area contributed by atoms with Gasteiger partial charge in [0.2, 0.25) is 5.91 Å². The molecule has 2 bridgehead atoms. The highest BCUT2D eigenvalue weighted by Gasteiger charge is 2.49. The highest BCUT2D eigenvalue weighted by atomic mass is 16.2. The average molecular weight is 235 g/mol. The van der Waals surface area contributed by atoms with Gasteiger partial charge in [-0.05, 0) is 38.0 Å². The Kier molecular flexibility index (Phi) is 3.68. The molecule has 0 aromatic heterocycles. The molecule has 4 unspecified atom stereocenters.